The van der Waals surface area contributed by atoms with Gasteiger partial charge in [0.2, 0.25) is 0 Å². The lowest BCUT2D eigenvalue weighted by Crippen LogP contribution is -2.45. The minimum absolute atomic E-state index is 0.138. The van der Waals surface area contributed by atoms with Crippen LogP contribution in [0, 0.1) is 5.82 Å². The second-order valence-corrected chi connectivity index (χ2v) is 6.60. The van der Waals surface area contributed by atoms with Crippen molar-refractivity contribution >= 4 is 5.69 Å². The molecule has 0 amide bonds. The van der Waals surface area contributed by atoms with Crippen LogP contribution in [0.3, 0.4) is 0 Å². The van der Waals surface area contributed by atoms with Crippen molar-refractivity contribution in [2.24, 2.45) is 0 Å². The van der Waals surface area contributed by atoms with Crippen molar-refractivity contribution < 1.29 is 4.39 Å². The number of nitrogens with one attached hydrogen (secondary N) is 1. The third kappa shape index (κ3) is 3.74. The first-order valence-electron chi connectivity index (χ1n) is 8.06. The fraction of sp³-hybridized carbons (Fsp3) is 0.647. The van der Waals surface area contributed by atoms with Crippen molar-refractivity contribution in [1.29, 1.82) is 0 Å². The molecule has 1 aromatic rings. The van der Waals surface area contributed by atoms with Gasteiger partial charge >= 0.3 is 0 Å². The minimum Gasteiger partial charge on any atom is -0.370 e. The van der Waals surface area contributed by atoms with Crippen molar-refractivity contribution in [2.45, 2.75) is 44.3 Å². The van der Waals surface area contributed by atoms with E-state index in [9.17, 15) is 4.39 Å². The summed E-state index contributed by atoms with van der Waals surface area (Å²) in [6, 6.07) is 6.38. The maximum Gasteiger partial charge on any atom is 0.123 e. The van der Waals surface area contributed by atoms with Crippen molar-refractivity contribution in [1.82, 2.24) is 10.2 Å². The van der Waals surface area contributed by atoms with E-state index < -0.39 is 0 Å². The van der Waals surface area contributed by atoms with Gasteiger partial charge in [-0.2, -0.15) is 0 Å². The number of likely N-dealkylation sites (N-methyl/N-ethyl adjacent to an activating group) is 2. The zero-order valence-electron chi connectivity index (χ0n) is 13.1. The molecule has 0 spiro atoms. The Bertz CT molecular complexity index is 487. The number of piperidine rings is 1. The molecule has 1 heterocycles. The molecule has 1 saturated carbocycles. The largest absolute Gasteiger partial charge is 0.370 e. The predicted molar refractivity (Wildman–Crippen MR) is 85.2 cm³/mol. The molecule has 2 fully saturated rings. The van der Waals surface area contributed by atoms with E-state index in [2.05, 4.69) is 29.2 Å². The zero-order chi connectivity index (χ0) is 14.8. The maximum absolute atomic E-state index is 13.6. The fourth-order valence-corrected chi connectivity index (χ4v) is 3.23. The maximum atomic E-state index is 13.6. The third-order valence-electron chi connectivity index (χ3n) is 4.73. The molecule has 1 aliphatic heterocycles. The first-order chi connectivity index (χ1) is 10.1. The van der Waals surface area contributed by atoms with E-state index in [0.29, 0.717) is 12.1 Å². The topological polar surface area (TPSA) is 18.5 Å². The van der Waals surface area contributed by atoms with Crippen molar-refractivity contribution in [3.8, 4) is 0 Å². The van der Waals surface area contributed by atoms with Crippen molar-refractivity contribution in [2.75, 3.05) is 32.1 Å². The SMILES string of the molecule is CN1CCCC(N(C)c2ccc(F)cc2CNC2CC2)C1. The number of nitrogens with zero attached hydrogens (tertiary/aromatic N) is 2. The predicted octanol–water partition coefficient (Wildman–Crippen LogP) is 2.61. The van der Waals surface area contributed by atoms with Crippen LogP contribution < -0.4 is 10.2 Å². The highest BCUT2D eigenvalue weighted by Gasteiger charge is 2.24. The smallest absolute Gasteiger partial charge is 0.123 e. The van der Waals surface area contributed by atoms with Gasteiger partial charge in [0.15, 0.2) is 0 Å². The molecule has 3 nitrogen and oxygen atoms in total. The van der Waals surface area contributed by atoms with Gasteiger partial charge in [0.25, 0.3) is 0 Å². The standard InChI is InChI=1S/C17H26FN3/c1-20-9-3-4-16(12-20)21(2)17-8-5-14(18)10-13(17)11-19-15-6-7-15/h5,8,10,15-16,19H,3-4,6-7,9,11-12H2,1-2H3. The van der Waals surface area contributed by atoms with Gasteiger partial charge in [-0.25, -0.2) is 4.39 Å². The Morgan fingerprint density at radius 1 is 1.33 bits per heavy atom. The Morgan fingerprint density at radius 3 is 2.86 bits per heavy atom. The quantitative estimate of drug-likeness (QED) is 0.899. The molecule has 2 aliphatic rings. The summed E-state index contributed by atoms with van der Waals surface area (Å²) in [5, 5.41) is 3.50. The van der Waals surface area contributed by atoms with E-state index >= 15 is 0 Å². The summed E-state index contributed by atoms with van der Waals surface area (Å²) in [6.45, 7) is 3.04. The molecule has 3 rings (SSSR count). The van der Waals surface area contributed by atoms with Crippen LogP contribution in [0.5, 0.6) is 0 Å². The molecule has 0 aromatic heterocycles. The van der Waals surface area contributed by atoms with E-state index in [4.69, 9.17) is 0 Å². The summed E-state index contributed by atoms with van der Waals surface area (Å²) in [4.78, 5) is 4.73. The summed E-state index contributed by atoms with van der Waals surface area (Å²) < 4.78 is 13.6. The van der Waals surface area contributed by atoms with Gasteiger partial charge in [0.1, 0.15) is 5.82 Å². The number of likely N-dealkylation sites (tertiary alicyclic amines) is 1. The first kappa shape index (κ1) is 14.8. The lowest BCUT2D eigenvalue weighted by atomic mass is 10.0. The molecule has 21 heavy (non-hydrogen) atoms. The molecular formula is C17H26FN3. The molecular weight excluding hydrogens is 265 g/mol. The summed E-state index contributed by atoms with van der Waals surface area (Å²) in [7, 11) is 4.33. The van der Waals surface area contributed by atoms with Gasteiger partial charge in [-0.1, -0.05) is 0 Å². The van der Waals surface area contributed by atoms with Gasteiger partial charge in [-0.05, 0) is 63.0 Å². The first-order valence-corrected chi connectivity index (χ1v) is 8.06. The van der Waals surface area contributed by atoms with E-state index in [0.717, 1.165) is 18.7 Å². The fourth-order valence-electron chi connectivity index (χ4n) is 3.23. The number of benzene rings is 1. The average Bonchev–Trinajstić information content (AvgIpc) is 3.29. The average molecular weight is 291 g/mol. The monoisotopic (exact) mass is 291 g/mol. The van der Waals surface area contributed by atoms with Crippen molar-refractivity contribution in [3.63, 3.8) is 0 Å². The van der Waals surface area contributed by atoms with E-state index in [1.807, 2.05) is 6.07 Å². The number of hydrogen-bond acceptors (Lipinski definition) is 3. The van der Waals surface area contributed by atoms with Gasteiger partial charge < -0.3 is 15.1 Å². The molecule has 1 atom stereocenters. The van der Waals surface area contributed by atoms with Gasteiger partial charge in [-0.3, -0.25) is 0 Å². The van der Waals surface area contributed by atoms with Gasteiger partial charge in [0, 0.05) is 37.9 Å². The molecule has 1 aliphatic carbocycles. The highest BCUT2D eigenvalue weighted by atomic mass is 19.1. The zero-order valence-corrected chi connectivity index (χ0v) is 13.1. The Hall–Kier alpha value is -1.13. The molecule has 1 N–H and O–H groups in total. The number of anilines is 1. The Morgan fingerprint density at radius 2 is 2.14 bits per heavy atom. The Kier molecular flexibility index (Phi) is 4.45. The number of rotatable bonds is 5. The van der Waals surface area contributed by atoms with Crippen LogP contribution in [0.15, 0.2) is 18.2 Å². The third-order valence-corrected chi connectivity index (χ3v) is 4.73. The second-order valence-electron chi connectivity index (χ2n) is 6.60. The molecule has 1 unspecified atom stereocenters. The van der Waals surface area contributed by atoms with Gasteiger partial charge in [-0.15, -0.1) is 0 Å². The van der Waals surface area contributed by atoms with Crippen LogP contribution in [0.2, 0.25) is 0 Å². The molecule has 0 radical (unpaired) electrons. The summed E-state index contributed by atoms with van der Waals surface area (Å²) in [5.74, 6) is -0.138. The van der Waals surface area contributed by atoms with Gasteiger partial charge in [0.05, 0.1) is 0 Å². The number of halogens is 1. The van der Waals surface area contributed by atoms with Crippen LogP contribution >= 0.6 is 0 Å². The van der Waals surface area contributed by atoms with Crippen LogP contribution in [-0.2, 0) is 6.54 Å². The molecule has 1 saturated heterocycles. The van der Waals surface area contributed by atoms with Crippen LogP contribution in [-0.4, -0.2) is 44.2 Å². The highest BCUT2D eigenvalue weighted by Crippen LogP contribution is 2.27. The van der Waals surface area contributed by atoms with E-state index in [1.165, 1.54) is 37.9 Å². The summed E-state index contributed by atoms with van der Waals surface area (Å²) in [5.41, 5.74) is 2.25. The molecule has 4 heteroatoms. The van der Waals surface area contributed by atoms with E-state index in [1.54, 1.807) is 12.1 Å². The van der Waals surface area contributed by atoms with Crippen LogP contribution in [0.4, 0.5) is 10.1 Å². The van der Waals surface area contributed by atoms with Crippen LogP contribution in [0.25, 0.3) is 0 Å². The molecule has 0 bridgehead atoms. The normalized spacial score (nSPS) is 23.3. The van der Waals surface area contributed by atoms with E-state index in [-0.39, 0.29) is 5.82 Å². The summed E-state index contributed by atoms with van der Waals surface area (Å²) >= 11 is 0. The number of hydrogen-bond donors (Lipinski definition) is 1. The van der Waals surface area contributed by atoms with Crippen LogP contribution in [0.1, 0.15) is 31.2 Å². The Balaban J connectivity index is 1.75. The molecule has 116 valence electrons. The second kappa shape index (κ2) is 6.32. The van der Waals surface area contributed by atoms with Crippen molar-refractivity contribution in [3.05, 3.63) is 29.6 Å². The summed E-state index contributed by atoms with van der Waals surface area (Å²) in [6.07, 6.45) is 4.97. The lowest BCUT2D eigenvalue weighted by molar-refractivity contribution is 0.248. The Labute approximate surface area is 127 Å². The molecule has 1 aromatic carbocycles. The minimum atomic E-state index is -0.138. The highest BCUT2D eigenvalue weighted by molar-refractivity contribution is 5.54. The lowest BCUT2D eigenvalue weighted by Gasteiger charge is -2.38.